The number of hydrogen-bond acceptors (Lipinski definition) is 2. The molecular formula is C13H18BrClN2O. The molecule has 100 valence electrons. The van der Waals surface area contributed by atoms with Gasteiger partial charge in [0.1, 0.15) is 0 Å². The number of hydrogen-bond donors (Lipinski definition) is 2. The molecule has 1 aromatic carbocycles. The van der Waals surface area contributed by atoms with Crippen molar-refractivity contribution < 1.29 is 4.79 Å². The lowest BCUT2D eigenvalue weighted by molar-refractivity contribution is -0.121. The van der Waals surface area contributed by atoms with Crippen molar-refractivity contribution in [3.05, 3.63) is 34.3 Å². The van der Waals surface area contributed by atoms with Crippen molar-refractivity contribution >= 4 is 34.2 Å². The van der Waals surface area contributed by atoms with Crippen LogP contribution < -0.4 is 10.6 Å². The van der Waals surface area contributed by atoms with E-state index in [-0.39, 0.29) is 18.3 Å². The molecule has 0 aliphatic carbocycles. The fourth-order valence-corrected chi connectivity index (χ4v) is 2.49. The Labute approximate surface area is 122 Å². The molecule has 3 nitrogen and oxygen atoms in total. The Morgan fingerprint density at radius 2 is 2.22 bits per heavy atom. The Morgan fingerprint density at radius 1 is 1.44 bits per heavy atom. The first-order valence-electron chi connectivity index (χ1n) is 5.99. The Hall–Kier alpha value is -0.580. The highest BCUT2D eigenvalue weighted by Gasteiger charge is 2.15. The summed E-state index contributed by atoms with van der Waals surface area (Å²) in [4.78, 5) is 11.9. The van der Waals surface area contributed by atoms with Crippen LogP contribution in [0.25, 0.3) is 0 Å². The number of nitrogens with one attached hydrogen (secondary N) is 2. The van der Waals surface area contributed by atoms with Gasteiger partial charge in [-0.2, -0.15) is 0 Å². The van der Waals surface area contributed by atoms with Crippen molar-refractivity contribution in [1.82, 2.24) is 10.6 Å². The maximum absolute atomic E-state index is 11.9. The molecule has 1 heterocycles. The molecule has 0 aromatic heterocycles. The van der Waals surface area contributed by atoms with Crippen LogP contribution in [0.15, 0.2) is 28.7 Å². The van der Waals surface area contributed by atoms with Gasteiger partial charge in [-0.25, -0.2) is 0 Å². The van der Waals surface area contributed by atoms with Crippen molar-refractivity contribution in [3.8, 4) is 0 Å². The van der Waals surface area contributed by atoms with Crippen molar-refractivity contribution in [2.24, 2.45) is 0 Å². The molecule has 0 spiro atoms. The lowest BCUT2D eigenvalue weighted by Crippen LogP contribution is -2.46. The summed E-state index contributed by atoms with van der Waals surface area (Å²) in [7, 11) is 0. The normalized spacial score (nSPS) is 18.8. The van der Waals surface area contributed by atoms with Gasteiger partial charge >= 0.3 is 0 Å². The van der Waals surface area contributed by atoms with E-state index in [2.05, 4.69) is 26.6 Å². The van der Waals surface area contributed by atoms with Gasteiger partial charge in [0.05, 0.1) is 6.42 Å². The van der Waals surface area contributed by atoms with E-state index < -0.39 is 0 Å². The molecule has 0 radical (unpaired) electrons. The molecule has 1 atom stereocenters. The summed E-state index contributed by atoms with van der Waals surface area (Å²) in [5.74, 6) is 0.102. The standard InChI is InChI=1S/C13H17BrN2O.ClH/c14-12-6-2-1-4-10(12)8-13(17)16-11-5-3-7-15-9-11;/h1-2,4,6,11,15H,3,5,7-9H2,(H,16,17);1H/t11-;/m0./s1. The molecule has 1 aromatic rings. The van der Waals surface area contributed by atoms with Crippen molar-refractivity contribution in [3.63, 3.8) is 0 Å². The molecule has 2 rings (SSSR count). The lowest BCUT2D eigenvalue weighted by Gasteiger charge is -2.23. The summed E-state index contributed by atoms with van der Waals surface area (Å²) in [6.45, 7) is 1.96. The van der Waals surface area contributed by atoms with Gasteiger partial charge in [-0.05, 0) is 31.0 Å². The average molecular weight is 334 g/mol. The Morgan fingerprint density at radius 3 is 2.89 bits per heavy atom. The zero-order chi connectivity index (χ0) is 12.1. The summed E-state index contributed by atoms with van der Waals surface area (Å²) in [6, 6.07) is 8.14. The Balaban J connectivity index is 0.00000162. The molecule has 1 aliphatic rings. The van der Waals surface area contributed by atoms with E-state index >= 15 is 0 Å². The van der Waals surface area contributed by atoms with Crippen LogP contribution in [-0.4, -0.2) is 25.0 Å². The number of halogens is 2. The maximum atomic E-state index is 11.9. The predicted octanol–water partition coefficient (Wildman–Crippen LogP) is 2.28. The van der Waals surface area contributed by atoms with Gasteiger partial charge in [0.2, 0.25) is 5.91 Å². The van der Waals surface area contributed by atoms with Gasteiger partial charge in [-0.1, -0.05) is 34.1 Å². The second-order valence-electron chi connectivity index (χ2n) is 4.38. The van der Waals surface area contributed by atoms with E-state index in [1.54, 1.807) is 0 Å². The molecule has 1 fully saturated rings. The zero-order valence-corrected chi connectivity index (χ0v) is 12.5. The summed E-state index contributed by atoms with van der Waals surface area (Å²) in [5, 5.41) is 6.36. The third-order valence-corrected chi connectivity index (χ3v) is 3.74. The second kappa shape index (κ2) is 7.77. The van der Waals surface area contributed by atoms with Gasteiger partial charge in [0.15, 0.2) is 0 Å². The van der Waals surface area contributed by atoms with Crippen LogP contribution in [0.1, 0.15) is 18.4 Å². The minimum atomic E-state index is 0. The van der Waals surface area contributed by atoms with Crippen LogP contribution in [0.4, 0.5) is 0 Å². The van der Waals surface area contributed by atoms with Crippen molar-refractivity contribution in [2.45, 2.75) is 25.3 Å². The van der Waals surface area contributed by atoms with E-state index in [4.69, 9.17) is 0 Å². The molecule has 1 aliphatic heterocycles. The van der Waals surface area contributed by atoms with Crippen molar-refractivity contribution in [2.75, 3.05) is 13.1 Å². The molecule has 5 heteroatoms. The van der Waals surface area contributed by atoms with Crippen LogP contribution in [0.3, 0.4) is 0 Å². The van der Waals surface area contributed by atoms with E-state index in [9.17, 15) is 4.79 Å². The summed E-state index contributed by atoms with van der Waals surface area (Å²) < 4.78 is 0.997. The SMILES string of the molecule is Cl.O=C(Cc1ccccc1Br)N[C@H]1CCCNC1. The minimum Gasteiger partial charge on any atom is -0.352 e. The molecule has 1 amide bonds. The maximum Gasteiger partial charge on any atom is 0.224 e. The molecule has 1 saturated heterocycles. The molecular weight excluding hydrogens is 316 g/mol. The molecule has 0 saturated carbocycles. The highest BCUT2D eigenvalue weighted by Crippen LogP contribution is 2.16. The van der Waals surface area contributed by atoms with Crippen LogP contribution in [0.5, 0.6) is 0 Å². The average Bonchev–Trinajstić information content (AvgIpc) is 2.33. The largest absolute Gasteiger partial charge is 0.352 e. The van der Waals surface area contributed by atoms with Gasteiger partial charge in [-0.3, -0.25) is 4.79 Å². The highest BCUT2D eigenvalue weighted by atomic mass is 79.9. The van der Waals surface area contributed by atoms with Crippen LogP contribution in [0.2, 0.25) is 0 Å². The van der Waals surface area contributed by atoms with Gasteiger partial charge < -0.3 is 10.6 Å². The number of carbonyl (C=O) groups excluding carboxylic acids is 1. The summed E-state index contributed by atoms with van der Waals surface area (Å²) in [6.07, 6.45) is 2.66. The number of carbonyl (C=O) groups is 1. The number of benzene rings is 1. The third kappa shape index (κ3) is 4.59. The Kier molecular flexibility index (Phi) is 6.68. The fraction of sp³-hybridized carbons (Fsp3) is 0.462. The summed E-state index contributed by atoms with van der Waals surface area (Å²) in [5.41, 5.74) is 1.04. The van der Waals surface area contributed by atoms with E-state index in [0.29, 0.717) is 12.5 Å². The first kappa shape index (κ1) is 15.5. The fourth-order valence-electron chi connectivity index (χ4n) is 2.07. The smallest absolute Gasteiger partial charge is 0.224 e. The summed E-state index contributed by atoms with van der Waals surface area (Å²) >= 11 is 3.46. The molecule has 18 heavy (non-hydrogen) atoms. The quantitative estimate of drug-likeness (QED) is 0.891. The number of piperidine rings is 1. The molecule has 0 unspecified atom stereocenters. The van der Waals surface area contributed by atoms with Crippen LogP contribution >= 0.6 is 28.3 Å². The van der Waals surface area contributed by atoms with Crippen LogP contribution in [-0.2, 0) is 11.2 Å². The van der Waals surface area contributed by atoms with Gasteiger partial charge in [0.25, 0.3) is 0 Å². The lowest BCUT2D eigenvalue weighted by atomic mass is 10.1. The second-order valence-corrected chi connectivity index (χ2v) is 5.23. The van der Waals surface area contributed by atoms with Crippen molar-refractivity contribution in [1.29, 1.82) is 0 Å². The van der Waals surface area contributed by atoms with Gasteiger partial charge in [0, 0.05) is 17.1 Å². The zero-order valence-electron chi connectivity index (χ0n) is 10.1. The number of rotatable bonds is 3. The first-order valence-corrected chi connectivity index (χ1v) is 6.78. The minimum absolute atomic E-state index is 0. The third-order valence-electron chi connectivity index (χ3n) is 2.97. The molecule has 0 bridgehead atoms. The van der Waals surface area contributed by atoms with Crippen LogP contribution in [0, 0.1) is 0 Å². The monoisotopic (exact) mass is 332 g/mol. The van der Waals surface area contributed by atoms with E-state index in [1.165, 1.54) is 0 Å². The van der Waals surface area contributed by atoms with E-state index in [0.717, 1.165) is 36.0 Å². The topological polar surface area (TPSA) is 41.1 Å². The van der Waals surface area contributed by atoms with Gasteiger partial charge in [-0.15, -0.1) is 12.4 Å². The predicted molar refractivity (Wildman–Crippen MR) is 79.1 cm³/mol. The highest BCUT2D eigenvalue weighted by molar-refractivity contribution is 9.10. The Bertz CT molecular complexity index is 394. The number of amides is 1. The first-order chi connectivity index (χ1) is 8.25. The molecule has 2 N–H and O–H groups in total. The van der Waals surface area contributed by atoms with E-state index in [1.807, 2.05) is 24.3 Å².